The Kier molecular flexibility index (Phi) is 4.35. The lowest BCUT2D eigenvalue weighted by molar-refractivity contribution is 0.561. The zero-order chi connectivity index (χ0) is 13.9. The van der Waals surface area contributed by atoms with Gasteiger partial charge in [-0.05, 0) is 43.6 Å². The maximum Gasteiger partial charge on any atom is 0.0650 e. The Morgan fingerprint density at radius 1 is 1.25 bits per heavy atom. The van der Waals surface area contributed by atoms with Crippen LogP contribution in [0.1, 0.15) is 39.5 Å². The first kappa shape index (κ1) is 14.0. The maximum absolute atomic E-state index is 4.89. The average molecular weight is 288 g/mol. The summed E-state index contributed by atoms with van der Waals surface area (Å²) in [5, 5.41) is 3.50. The van der Waals surface area contributed by atoms with E-state index in [1.165, 1.54) is 47.0 Å². The Morgan fingerprint density at radius 2 is 2.05 bits per heavy atom. The summed E-state index contributed by atoms with van der Waals surface area (Å²) in [6, 6.07) is 0. The number of fused-ring (bicyclic) bond motifs is 1. The van der Waals surface area contributed by atoms with Crippen molar-refractivity contribution in [2.24, 2.45) is 10.9 Å². The van der Waals surface area contributed by atoms with Crippen LogP contribution in [0.5, 0.6) is 0 Å². The number of aliphatic imine (C=N–C) groups is 1. The van der Waals surface area contributed by atoms with Gasteiger partial charge in [0.15, 0.2) is 0 Å². The topological polar surface area (TPSA) is 24.4 Å². The second-order valence-electron chi connectivity index (χ2n) is 5.65. The number of hydrogen-bond donors (Lipinski definition) is 1. The third-order valence-electron chi connectivity index (χ3n) is 4.41. The minimum absolute atomic E-state index is 0.796. The highest BCUT2D eigenvalue weighted by atomic mass is 32.2. The summed E-state index contributed by atoms with van der Waals surface area (Å²) < 4.78 is 0. The zero-order valence-corrected chi connectivity index (χ0v) is 13.4. The summed E-state index contributed by atoms with van der Waals surface area (Å²) in [5.41, 5.74) is 6.77. The van der Waals surface area contributed by atoms with E-state index in [1.54, 1.807) is 5.57 Å². The monoisotopic (exact) mass is 288 g/mol. The van der Waals surface area contributed by atoms with Crippen LogP contribution in [0.15, 0.2) is 39.7 Å². The SMILES string of the molecule is CCNC1=C(CC)N=C2CC(C3CCSCC3)=CC=C21. The van der Waals surface area contributed by atoms with Crippen molar-refractivity contribution in [1.82, 2.24) is 5.32 Å². The largest absolute Gasteiger partial charge is 0.383 e. The minimum atomic E-state index is 0.796. The summed E-state index contributed by atoms with van der Waals surface area (Å²) in [7, 11) is 0. The van der Waals surface area contributed by atoms with Gasteiger partial charge in [0.1, 0.15) is 0 Å². The number of allylic oxidation sites excluding steroid dienone is 5. The molecular weight excluding hydrogens is 264 g/mol. The van der Waals surface area contributed by atoms with Crippen LogP contribution in [-0.4, -0.2) is 23.8 Å². The predicted molar refractivity (Wildman–Crippen MR) is 89.3 cm³/mol. The summed E-state index contributed by atoms with van der Waals surface area (Å²) in [5.74, 6) is 3.45. The predicted octanol–water partition coefficient (Wildman–Crippen LogP) is 4.07. The van der Waals surface area contributed by atoms with Crippen LogP contribution in [0.25, 0.3) is 0 Å². The Hall–Kier alpha value is -0.960. The molecule has 0 aromatic carbocycles. The molecule has 0 atom stereocenters. The van der Waals surface area contributed by atoms with Crippen LogP contribution in [0.3, 0.4) is 0 Å². The summed E-state index contributed by atoms with van der Waals surface area (Å²) in [6.07, 6.45) is 9.46. The smallest absolute Gasteiger partial charge is 0.0650 e. The highest BCUT2D eigenvalue weighted by Gasteiger charge is 2.28. The first-order chi connectivity index (χ1) is 9.83. The van der Waals surface area contributed by atoms with E-state index in [9.17, 15) is 0 Å². The Morgan fingerprint density at radius 3 is 2.75 bits per heavy atom. The van der Waals surface area contributed by atoms with Gasteiger partial charge in [-0.3, -0.25) is 4.99 Å². The summed E-state index contributed by atoms with van der Waals surface area (Å²) in [6.45, 7) is 5.32. The minimum Gasteiger partial charge on any atom is -0.383 e. The molecule has 1 saturated heterocycles. The number of hydrogen-bond acceptors (Lipinski definition) is 3. The first-order valence-corrected chi connectivity index (χ1v) is 9.02. The van der Waals surface area contributed by atoms with Gasteiger partial charge in [-0.25, -0.2) is 0 Å². The lowest BCUT2D eigenvalue weighted by Gasteiger charge is -2.26. The number of likely N-dealkylation sites (N-methyl/N-ethyl adjacent to an activating group) is 1. The van der Waals surface area contributed by atoms with Gasteiger partial charge in [0.2, 0.25) is 0 Å². The molecular formula is C17H24N2S. The second kappa shape index (κ2) is 6.21. The third kappa shape index (κ3) is 2.60. The maximum atomic E-state index is 4.89. The fourth-order valence-electron chi connectivity index (χ4n) is 3.31. The van der Waals surface area contributed by atoms with Crippen LogP contribution in [-0.2, 0) is 0 Å². The highest BCUT2D eigenvalue weighted by Crippen LogP contribution is 2.37. The van der Waals surface area contributed by atoms with E-state index in [0.29, 0.717) is 0 Å². The van der Waals surface area contributed by atoms with Crippen LogP contribution >= 0.6 is 11.8 Å². The Labute approximate surface area is 126 Å². The standard InChI is InChI=1S/C17H24N2S/c1-3-15-17(18-4-2)14-6-5-13(11-16(14)19-15)12-7-9-20-10-8-12/h5-6,12,18H,3-4,7-11H2,1-2H3. The van der Waals surface area contributed by atoms with E-state index in [0.717, 1.165) is 25.3 Å². The van der Waals surface area contributed by atoms with E-state index in [4.69, 9.17) is 4.99 Å². The van der Waals surface area contributed by atoms with E-state index >= 15 is 0 Å². The van der Waals surface area contributed by atoms with Gasteiger partial charge in [0.05, 0.1) is 17.1 Å². The van der Waals surface area contributed by atoms with Gasteiger partial charge >= 0.3 is 0 Å². The Balaban J connectivity index is 1.81. The molecule has 0 aromatic heterocycles. The quantitative estimate of drug-likeness (QED) is 0.843. The molecule has 1 N–H and O–H groups in total. The second-order valence-corrected chi connectivity index (χ2v) is 6.87. The lowest BCUT2D eigenvalue weighted by Crippen LogP contribution is -2.20. The molecule has 0 amide bonds. The van der Waals surface area contributed by atoms with Crippen molar-refractivity contribution in [2.45, 2.75) is 39.5 Å². The van der Waals surface area contributed by atoms with Gasteiger partial charge in [0, 0.05) is 18.5 Å². The van der Waals surface area contributed by atoms with E-state index in [2.05, 4.69) is 43.1 Å². The molecule has 1 aliphatic carbocycles. The molecule has 1 fully saturated rings. The molecule has 0 aromatic rings. The molecule has 3 rings (SSSR count). The molecule has 0 radical (unpaired) electrons. The van der Waals surface area contributed by atoms with E-state index in [1.807, 2.05) is 0 Å². The molecule has 108 valence electrons. The fourth-order valence-corrected chi connectivity index (χ4v) is 4.42. The van der Waals surface area contributed by atoms with Crippen molar-refractivity contribution in [1.29, 1.82) is 0 Å². The molecule has 2 nitrogen and oxygen atoms in total. The third-order valence-corrected chi connectivity index (χ3v) is 5.46. The first-order valence-electron chi connectivity index (χ1n) is 7.87. The van der Waals surface area contributed by atoms with Gasteiger partial charge in [-0.15, -0.1) is 0 Å². The van der Waals surface area contributed by atoms with E-state index in [-0.39, 0.29) is 0 Å². The lowest BCUT2D eigenvalue weighted by atomic mass is 9.84. The van der Waals surface area contributed by atoms with E-state index < -0.39 is 0 Å². The van der Waals surface area contributed by atoms with Crippen molar-refractivity contribution in [3.05, 3.63) is 34.7 Å². The zero-order valence-electron chi connectivity index (χ0n) is 12.5. The van der Waals surface area contributed by atoms with Gasteiger partial charge in [-0.1, -0.05) is 24.6 Å². The molecule has 0 unspecified atom stereocenters. The fraction of sp³-hybridized carbons (Fsp3) is 0.588. The number of nitrogens with one attached hydrogen (secondary N) is 1. The molecule has 2 heterocycles. The van der Waals surface area contributed by atoms with Crippen molar-refractivity contribution >= 4 is 17.5 Å². The highest BCUT2D eigenvalue weighted by molar-refractivity contribution is 7.99. The van der Waals surface area contributed by atoms with Gasteiger partial charge < -0.3 is 5.32 Å². The van der Waals surface area contributed by atoms with Crippen molar-refractivity contribution < 1.29 is 0 Å². The molecule has 0 spiro atoms. The molecule has 0 saturated carbocycles. The van der Waals surface area contributed by atoms with Gasteiger partial charge in [0.25, 0.3) is 0 Å². The average Bonchev–Trinajstić information content (AvgIpc) is 2.86. The Bertz CT molecular complexity index is 505. The van der Waals surface area contributed by atoms with Crippen LogP contribution in [0.2, 0.25) is 0 Å². The normalized spacial score (nSPS) is 23.2. The van der Waals surface area contributed by atoms with Crippen LogP contribution in [0, 0.1) is 5.92 Å². The number of thioether (sulfide) groups is 1. The number of nitrogens with zero attached hydrogens (tertiary/aromatic N) is 1. The van der Waals surface area contributed by atoms with Crippen molar-refractivity contribution in [3.8, 4) is 0 Å². The molecule has 0 bridgehead atoms. The summed E-state index contributed by atoms with van der Waals surface area (Å²) >= 11 is 2.10. The molecule has 3 aliphatic rings. The van der Waals surface area contributed by atoms with Crippen molar-refractivity contribution in [3.63, 3.8) is 0 Å². The van der Waals surface area contributed by atoms with Crippen LogP contribution < -0.4 is 5.32 Å². The number of rotatable bonds is 4. The molecule has 3 heteroatoms. The van der Waals surface area contributed by atoms with Gasteiger partial charge in [-0.2, -0.15) is 11.8 Å². The molecule has 2 aliphatic heterocycles. The molecule has 20 heavy (non-hydrogen) atoms. The summed E-state index contributed by atoms with van der Waals surface area (Å²) in [4.78, 5) is 4.89. The van der Waals surface area contributed by atoms with Crippen LogP contribution in [0.4, 0.5) is 0 Å². The van der Waals surface area contributed by atoms with Crippen molar-refractivity contribution in [2.75, 3.05) is 18.1 Å².